The number of anilines is 1. The van der Waals surface area contributed by atoms with Crippen molar-refractivity contribution < 1.29 is 0 Å². The van der Waals surface area contributed by atoms with Gasteiger partial charge in [0.2, 0.25) is 0 Å². The maximum atomic E-state index is 5.91. The van der Waals surface area contributed by atoms with Crippen LogP contribution in [0.15, 0.2) is 47.4 Å². The highest BCUT2D eigenvalue weighted by molar-refractivity contribution is 7.98. The number of nitrogen functional groups attached to an aromatic ring is 1. The van der Waals surface area contributed by atoms with E-state index in [0.29, 0.717) is 5.69 Å². The molecule has 0 unspecified atom stereocenters. The average molecular weight is 255 g/mol. The van der Waals surface area contributed by atoms with Crippen LogP contribution in [-0.2, 0) is 0 Å². The maximum absolute atomic E-state index is 5.91. The lowest BCUT2D eigenvalue weighted by Gasteiger charge is -1.98. The van der Waals surface area contributed by atoms with Crippen LogP contribution < -0.4 is 5.73 Å². The van der Waals surface area contributed by atoms with Gasteiger partial charge in [0, 0.05) is 10.5 Å². The van der Waals surface area contributed by atoms with Crippen molar-refractivity contribution in [2.24, 2.45) is 0 Å². The molecule has 0 radical (unpaired) electrons. The third kappa shape index (κ3) is 1.84. The van der Waals surface area contributed by atoms with Gasteiger partial charge in [-0.15, -0.1) is 11.8 Å². The van der Waals surface area contributed by atoms with Crippen LogP contribution in [0.2, 0.25) is 0 Å². The first-order valence-corrected chi connectivity index (χ1v) is 6.89. The molecule has 0 amide bonds. The van der Waals surface area contributed by atoms with E-state index < -0.39 is 0 Å². The predicted molar refractivity (Wildman–Crippen MR) is 77.7 cm³/mol. The third-order valence-electron chi connectivity index (χ3n) is 2.91. The molecule has 0 fully saturated rings. The lowest BCUT2D eigenvalue weighted by atomic mass is 10.2. The summed E-state index contributed by atoms with van der Waals surface area (Å²) in [4.78, 5) is 9.09. The molecule has 0 aliphatic rings. The number of hydrogen-bond acceptors (Lipinski definition) is 3. The molecule has 3 rings (SSSR count). The second-order valence-corrected chi connectivity index (χ2v) is 4.94. The van der Waals surface area contributed by atoms with E-state index in [1.165, 1.54) is 4.90 Å². The second-order valence-electron chi connectivity index (χ2n) is 4.06. The van der Waals surface area contributed by atoms with Crippen molar-refractivity contribution >= 4 is 28.5 Å². The largest absolute Gasteiger partial charge is 0.397 e. The van der Waals surface area contributed by atoms with Gasteiger partial charge < -0.3 is 10.7 Å². The zero-order valence-electron chi connectivity index (χ0n) is 9.97. The van der Waals surface area contributed by atoms with E-state index in [1.807, 2.05) is 18.2 Å². The second kappa shape index (κ2) is 4.38. The molecule has 1 aromatic heterocycles. The van der Waals surface area contributed by atoms with Crippen LogP contribution in [0.4, 0.5) is 5.69 Å². The van der Waals surface area contributed by atoms with Crippen LogP contribution in [-0.4, -0.2) is 16.2 Å². The number of imidazole rings is 1. The first-order valence-electron chi connectivity index (χ1n) is 5.66. The summed E-state index contributed by atoms with van der Waals surface area (Å²) in [7, 11) is 0. The van der Waals surface area contributed by atoms with E-state index in [-0.39, 0.29) is 0 Å². The molecular formula is C14H13N3S. The first-order chi connectivity index (χ1) is 8.78. The molecule has 18 heavy (non-hydrogen) atoms. The smallest absolute Gasteiger partial charge is 0.138 e. The molecule has 3 aromatic rings. The van der Waals surface area contributed by atoms with E-state index >= 15 is 0 Å². The Bertz CT molecular complexity index is 686. The van der Waals surface area contributed by atoms with E-state index in [1.54, 1.807) is 11.8 Å². The van der Waals surface area contributed by atoms with E-state index in [2.05, 4.69) is 40.5 Å². The van der Waals surface area contributed by atoms with Crippen LogP contribution in [0.25, 0.3) is 22.4 Å². The summed E-state index contributed by atoms with van der Waals surface area (Å²) < 4.78 is 0. The Morgan fingerprint density at radius 3 is 2.56 bits per heavy atom. The molecule has 90 valence electrons. The third-order valence-corrected chi connectivity index (χ3v) is 3.65. The number of nitrogens with two attached hydrogens (primary N) is 1. The van der Waals surface area contributed by atoms with Gasteiger partial charge in [0.1, 0.15) is 11.3 Å². The summed E-state index contributed by atoms with van der Waals surface area (Å²) in [5.41, 5.74) is 9.49. The van der Waals surface area contributed by atoms with Gasteiger partial charge in [-0.3, -0.25) is 0 Å². The molecule has 4 heteroatoms. The van der Waals surface area contributed by atoms with Gasteiger partial charge in [-0.05, 0) is 30.5 Å². The fourth-order valence-corrected chi connectivity index (χ4v) is 2.35. The van der Waals surface area contributed by atoms with Crippen molar-refractivity contribution in [3.05, 3.63) is 42.5 Å². The Morgan fingerprint density at radius 1 is 1.11 bits per heavy atom. The predicted octanol–water partition coefficient (Wildman–Crippen LogP) is 3.53. The van der Waals surface area contributed by atoms with Crippen molar-refractivity contribution in [2.45, 2.75) is 4.90 Å². The number of para-hydroxylation sites is 1. The molecule has 1 heterocycles. The molecule has 3 N–H and O–H groups in total. The average Bonchev–Trinajstić information content (AvgIpc) is 2.84. The summed E-state index contributed by atoms with van der Waals surface area (Å²) in [6, 6.07) is 14.1. The highest BCUT2D eigenvalue weighted by Gasteiger charge is 2.06. The van der Waals surface area contributed by atoms with Crippen molar-refractivity contribution in [1.29, 1.82) is 0 Å². The monoisotopic (exact) mass is 255 g/mol. The molecule has 0 aliphatic heterocycles. The van der Waals surface area contributed by atoms with Crippen LogP contribution in [0.1, 0.15) is 0 Å². The Labute approximate surface area is 109 Å². The highest BCUT2D eigenvalue weighted by Crippen LogP contribution is 2.25. The Balaban J connectivity index is 2.10. The molecule has 0 spiro atoms. The van der Waals surface area contributed by atoms with E-state index in [4.69, 9.17) is 5.73 Å². The topological polar surface area (TPSA) is 54.7 Å². The first kappa shape index (κ1) is 11.2. The Morgan fingerprint density at radius 2 is 1.89 bits per heavy atom. The lowest BCUT2D eigenvalue weighted by molar-refractivity contribution is 1.32. The molecule has 0 bridgehead atoms. The number of aromatic amines is 1. The zero-order valence-corrected chi connectivity index (χ0v) is 10.8. The number of fused-ring (bicyclic) bond motifs is 1. The fraction of sp³-hybridized carbons (Fsp3) is 0.0714. The number of hydrogen-bond donors (Lipinski definition) is 2. The molecule has 3 nitrogen and oxygen atoms in total. The van der Waals surface area contributed by atoms with Gasteiger partial charge in [-0.1, -0.05) is 18.2 Å². The molecular weight excluding hydrogens is 242 g/mol. The molecule has 0 aliphatic carbocycles. The Kier molecular flexibility index (Phi) is 2.72. The maximum Gasteiger partial charge on any atom is 0.138 e. The van der Waals surface area contributed by atoms with Gasteiger partial charge in [-0.2, -0.15) is 0 Å². The SMILES string of the molecule is CSc1ccc(-c2nc3c(N)cccc3[nH]2)cc1. The van der Waals surface area contributed by atoms with Crippen molar-refractivity contribution in [3.63, 3.8) is 0 Å². The number of aromatic nitrogens is 2. The number of nitrogens with zero attached hydrogens (tertiary/aromatic N) is 1. The minimum absolute atomic E-state index is 0.704. The summed E-state index contributed by atoms with van der Waals surface area (Å²) in [5.74, 6) is 0.857. The summed E-state index contributed by atoms with van der Waals surface area (Å²) >= 11 is 1.73. The van der Waals surface area contributed by atoms with Crippen LogP contribution in [0.5, 0.6) is 0 Å². The summed E-state index contributed by atoms with van der Waals surface area (Å²) in [5, 5.41) is 0. The van der Waals surface area contributed by atoms with Gasteiger partial charge >= 0.3 is 0 Å². The number of rotatable bonds is 2. The van der Waals surface area contributed by atoms with Crippen LogP contribution in [0.3, 0.4) is 0 Å². The van der Waals surface area contributed by atoms with Crippen molar-refractivity contribution in [1.82, 2.24) is 9.97 Å². The Hall–Kier alpha value is -1.94. The van der Waals surface area contributed by atoms with E-state index in [0.717, 1.165) is 22.4 Å². The van der Waals surface area contributed by atoms with Crippen LogP contribution >= 0.6 is 11.8 Å². The standard InChI is InChI=1S/C14H13N3S/c1-18-10-7-5-9(6-8-10)14-16-12-4-2-3-11(15)13(12)17-14/h2-8H,15H2,1H3,(H,16,17). The molecule has 0 saturated carbocycles. The molecule has 0 saturated heterocycles. The minimum Gasteiger partial charge on any atom is -0.397 e. The van der Waals surface area contributed by atoms with Gasteiger partial charge in [0.05, 0.1) is 11.2 Å². The van der Waals surface area contributed by atoms with Crippen molar-refractivity contribution in [3.8, 4) is 11.4 Å². The molecule has 2 aromatic carbocycles. The number of H-pyrrole nitrogens is 1. The molecule has 0 atom stereocenters. The normalized spacial score (nSPS) is 10.9. The zero-order chi connectivity index (χ0) is 12.5. The van der Waals surface area contributed by atoms with Crippen molar-refractivity contribution in [2.75, 3.05) is 12.0 Å². The number of thioether (sulfide) groups is 1. The fourth-order valence-electron chi connectivity index (χ4n) is 1.94. The van der Waals surface area contributed by atoms with Gasteiger partial charge in [0.25, 0.3) is 0 Å². The summed E-state index contributed by atoms with van der Waals surface area (Å²) in [6.07, 6.45) is 2.07. The number of nitrogens with one attached hydrogen (secondary N) is 1. The number of benzene rings is 2. The van der Waals surface area contributed by atoms with Crippen LogP contribution in [0, 0.1) is 0 Å². The lowest BCUT2D eigenvalue weighted by Crippen LogP contribution is -1.85. The van der Waals surface area contributed by atoms with Gasteiger partial charge in [-0.25, -0.2) is 4.98 Å². The summed E-state index contributed by atoms with van der Waals surface area (Å²) in [6.45, 7) is 0. The quantitative estimate of drug-likeness (QED) is 0.544. The highest BCUT2D eigenvalue weighted by atomic mass is 32.2. The van der Waals surface area contributed by atoms with Gasteiger partial charge in [0.15, 0.2) is 0 Å². The minimum atomic E-state index is 0.704. The van der Waals surface area contributed by atoms with E-state index in [9.17, 15) is 0 Å².